The maximum Gasteiger partial charge on any atom is 0.401 e. The molecule has 0 aromatic carbocycles. The number of carbonyl (C=O) groups is 1. The number of aliphatic carboxylic acids is 1. The lowest BCUT2D eigenvalue weighted by Gasteiger charge is -2.17. The third-order valence-corrected chi connectivity index (χ3v) is 3.07. The SMILES string of the molecule is Cn1ccnc1SC(CC(=O)O)C(F)(F)F. The van der Waals surface area contributed by atoms with Crippen LogP contribution in [0.5, 0.6) is 0 Å². The first-order valence-electron chi connectivity index (χ1n) is 4.23. The van der Waals surface area contributed by atoms with E-state index >= 15 is 0 Å². The lowest BCUT2D eigenvalue weighted by atomic mass is 10.3. The summed E-state index contributed by atoms with van der Waals surface area (Å²) in [6, 6.07) is 0. The Morgan fingerprint density at radius 2 is 2.31 bits per heavy atom. The van der Waals surface area contributed by atoms with Crippen molar-refractivity contribution in [3.05, 3.63) is 12.4 Å². The minimum Gasteiger partial charge on any atom is -0.481 e. The van der Waals surface area contributed by atoms with E-state index in [0.29, 0.717) is 11.8 Å². The second-order valence-electron chi connectivity index (χ2n) is 3.07. The first-order chi connectivity index (χ1) is 7.30. The van der Waals surface area contributed by atoms with E-state index in [4.69, 9.17) is 5.11 Å². The number of carboxylic acids is 1. The summed E-state index contributed by atoms with van der Waals surface area (Å²) in [5, 5.41) is 6.57. The zero-order valence-electron chi connectivity index (χ0n) is 8.23. The van der Waals surface area contributed by atoms with E-state index in [1.807, 2.05) is 0 Å². The molecule has 4 nitrogen and oxygen atoms in total. The zero-order valence-corrected chi connectivity index (χ0v) is 9.05. The topological polar surface area (TPSA) is 55.1 Å². The van der Waals surface area contributed by atoms with Gasteiger partial charge in [0.1, 0.15) is 5.25 Å². The highest BCUT2D eigenvalue weighted by Gasteiger charge is 2.42. The zero-order chi connectivity index (χ0) is 12.3. The number of thioether (sulfide) groups is 1. The molecule has 1 unspecified atom stereocenters. The van der Waals surface area contributed by atoms with Gasteiger partial charge in [0.15, 0.2) is 5.16 Å². The van der Waals surface area contributed by atoms with Crippen molar-refractivity contribution in [3.63, 3.8) is 0 Å². The van der Waals surface area contributed by atoms with Crippen LogP contribution in [-0.4, -0.2) is 32.1 Å². The highest BCUT2D eigenvalue weighted by Crippen LogP contribution is 2.36. The lowest BCUT2D eigenvalue weighted by molar-refractivity contribution is -0.149. The van der Waals surface area contributed by atoms with E-state index in [0.717, 1.165) is 0 Å². The Bertz CT molecular complexity index is 378. The molecule has 0 saturated heterocycles. The number of hydrogen-bond donors (Lipinski definition) is 1. The Kier molecular flexibility index (Phi) is 3.84. The van der Waals surface area contributed by atoms with Crippen LogP contribution < -0.4 is 0 Å². The molecule has 0 spiro atoms. The van der Waals surface area contributed by atoms with E-state index in [1.54, 1.807) is 7.05 Å². The number of aryl methyl sites for hydroxylation is 1. The van der Waals surface area contributed by atoms with Crippen molar-refractivity contribution >= 4 is 17.7 Å². The molecule has 0 saturated carbocycles. The highest BCUT2D eigenvalue weighted by atomic mass is 32.2. The number of hydrogen-bond acceptors (Lipinski definition) is 3. The number of carboxylic acid groups (broad SMARTS) is 1. The van der Waals surface area contributed by atoms with Crippen molar-refractivity contribution in [2.75, 3.05) is 0 Å². The second kappa shape index (κ2) is 4.77. The Hall–Kier alpha value is -1.18. The number of halogens is 3. The minimum absolute atomic E-state index is 0.142. The summed E-state index contributed by atoms with van der Waals surface area (Å²) in [5.41, 5.74) is 0. The fraction of sp³-hybridized carbons (Fsp3) is 0.500. The summed E-state index contributed by atoms with van der Waals surface area (Å²) in [5.74, 6) is -1.48. The van der Waals surface area contributed by atoms with Crippen LogP contribution >= 0.6 is 11.8 Å². The van der Waals surface area contributed by atoms with Gasteiger partial charge in [0.2, 0.25) is 0 Å². The van der Waals surface area contributed by atoms with Crippen LogP contribution in [0.25, 0.3) is 0 Å². The largest absolute Gasteiger partial charge is 0.481 e. The number of alkyl halides is 3. The van der Waals surface area contributed by atoms with Crippen molar-refractivity contribution in [1.82, 2.24) is 9.55 Å². The number of imidazole rings is 1. The normalized spacial score (nSPS) is 13.8. The molecule has 0 aliphatic heterocycles. The molecule has 1 aromatic rings. The molecule has 1 aromatic heterocycles. The number of aromatic nitrogens is 2. The van der Waals surface area contributed by atoms with E-state index < -0.39 is 23.8 Å². The predicted molar refractivity (Wildman–Crippen MR) is 51.2 cm³/mol. The molecule has 8 heteroatoms. The van der Waals surface area contributed by atoms with Gasteiger partial charge in [-0.05, 0) is 0 Å². The third-order valence-electron chi connectivity index (χ3n) is 1.75. The van der Waals surface area contributed by atoms with Gasteiger partial charge in [-0.15, -0.1) is 0 Å². The van der Waals surface area contributed by atoms with Gasteiger partial charge in [0.25, 0.3) is 0 Å². The van der Waals surface area contributed by atoms with Crippen LogP contribution in [0.15, 0.2) is 17.6 Å². The standard InChI is InChI=1S/C8H9F3N2O2S/c1-13-3-2-12-7(13)16-5(4-6(14)15)8(9,10)11/h2-3,5H,4H2,1H3,(H,14,15). The average Bonchev–Trinajstić information content (AvgIpc) is 2.48. The van der Waals surface area contributed by atoms with E-state index in [-0.39, 0.29) is 5.16 Å². The molecule has 90 valence electrons. The lowest BCUT2D eigenvalue weighted by Crippen LogP contribution is -2.28. The molecule has 0 bridgehead atoms. The summed E-state index contributed by atoms with van der Waals surface area (Å²) in [6.45, 7) is 0. The van der Waals surface area contributed by atoms with Gasteiger partial charge in [-0.1, -0.05) is 11.8 Å². The summed E-state index contributed by atoms with van der Waals surface area (Å²) < 4.78 is 38.9. The van der Waals surface area contributed by atoms with Gasteiger partial charge >= 0.3 is 12.1 Å². The van der Waals surface area contributed by atoms with Crippen LogP contribution in [0.3, 0.4) is 0 Å². The molecule has 1 heterocycles. The van der Waals surface area contributed by atoms with Gasteiger partial charge in [-0.3, -0.25) is 4.79 Å². The summed E-state index contributed by atoms with van der Waals surface area (Å²) in [6.07, 6.45) is -2.68. The Labute approximate surface area is 93.5 Å². The predicted octanol–water partition coefficient (Wildman–Crippen LogP) is 1.92. The molecule has 1 rings (SSSR count). The molecule has 0 amide bonds. The second-order valence-corrected chi connectivity index (χ2v) is 4.24. The van der Waals surface area contributed by atoms with Gasteiger partial charge in [-0.2, -0.15) is 13.2 Å². The van der Waals surface area contributed by atoms with Crippen LogP contribution in [0.4, 0.5) is 13.2 Å². The smallest absolute Gasteiger partial charge is 0.401 e. The maximum absolute atomic E-state index is 12.5. The van der Waals surface area contributed by atoms with Crippen LogP contribution in [-0.2, 0) is 11.8 Å². The van der Waals surface area contributed by atoms with E-state index in [9.17, 15) is 18.0 Å². The summed E-state index contributed by atoms with van der Waals surface area (Å²) >= 11 is 0.403. The highest BCUT2D eigenvalue weighted by molar-refractivity contribution is 7.99. The quantitative estimate of drug-likeness (QED) is 0.834. The van der Waals surface area contributed by atoms with E-state index in [1.165, 1.54) is 17.0 Å². The summed E-state index contributed by atoms with van der Waals surface area (Å²) in [4.78, 5) is 14.0. The van der Waals surface area contributed by atoms with Crippen molar-refractivity contribution in [3.8, 4) is 0 Å². The molecule has 16 heavy (non-hydrogen) atoms. The fourth-order valence-electron chi connectivity index (χ4n) is 0.976. The monoisotopic (exact) mass is 254 g/mol. The van der Waals surface area contributed by atoms with Crippen molar-refractivity contribution in [2.24, 2.45) is 7.05 Å². The molecule has 0 fully saturated rings. The Morgan fingerprint density at radius 3 is 2.69 bits per heavy atom. The molecule has 0 aliphatic rings. The molecule has 1 atom stereocenters. The maximum atomic E-state index is 12.5. The Morgan fingerprint density at radius 1 is 1.69 bits per heavy atom. The van der Waals surface area contributed by atoms with E-state index in [2.05, 4.69) is 4.98 Å². The first kappa shape index (κ1) is 12.9. The minimum atomic E-state index is -4.56. The van der Waals surface area contributed by atoms with Crippen molar-refractivity contribution in [2.45, 2.75) is 23.0 Å². The summed E-state index contributed by atoms with van der Waals surface area (Å²) in [7, 11) is 1.55. The molecular weight excluding hydrogens is 245 g/mol. The molecule has 0 aliphatic carbocycles. The van der Waals surface area contributed by atoms with Crippen LogP contribution in [0, 0.1) is 0 Å². The third kappa shape index (κ3) is 3.44. The van der Waals surface area contributed by atoms with Gasteiger partial charge < -0.3 is 9.67 Å². The fourth-order valence-corrected chi connectivity index (χ4v) is 1.94. The van der Waals surface area contributed by atoms with Crippen LogP contribution in [0.2, 0.25) is 0 Å². The van der Waals surface area contributed by atoms with Gasteiger partial charge in [0, 0.05) is 19.4 Å². The number of rotatable bonds is 4. The van der Waals surface area contributed by atoms with Crippen LogP contribution in [0.1, 0.15) is 6.42 Å². The average molecular weight is 254 g/mol. The van der Waals surface area contributed by atoms with Gasteiger partial charge in [-0.25, -0.2) is 4.98 Å². The number of nitrogens with zero attached hydrogens (tertiary/aromatic N) is 2. The van der Waals surface area contributed by atoms with Gasteiger partial charge in [0.05, 0.1) is 6.42 Å². The molecule has 1 N–H and O–H groups in total. The van der Waals surface area contributed by atoms with Crippen molar-refractivity contribution in [1.29, 1.82) is 0 Å². The Balaban J connectivity index is 2.79. The van der Waals surface area contributed by atoms with Crippen molar-refractivity contribution < 1.29 is 23.1 Å². The molecular formula is C8H9F3N2O2S. The first-order valence-corrected chi connectivity index (χ1v) is 5.11. The molecule has 0 radical (unpaired) electrons.